The topological polar surface area (TPSA) is 0 Å². The standard InChI is InChI=1S/C9H8Cl2.3K.3H/c10-7-2-1-3-8(11)9(7)6-4-5-6;;;;;;/h1-3,6H,4-5H2;;;;;;/q;3*+1;3*-1. The number of hydrogen-bond donors (Lipinski definition) is 0. The van der Waals surface area contributed by atoms with Gasteiger partial charge in [-0.25, -0.2) is 0 Å². The molecule has 1 aromatic rings. The molecular weight excluding hydrogens is 296 g/mol. The van der Waals surface area contributed by atoms with E-state index in [1.54, 1.807) is 0 Å². The second-order valence-corrected chi connectivity index (χ2v) is 3.72. The van der Waals surface area contributed by atoms with Crippen LogP contribution in [0.1, 0.15) is 28.6 Å². The van der Waals surface area contributed by atoms with Crippen molar-refractivity contribution < 1.29 is 158 Å². The molecule has 0 unspecified atom stereocenters. The van der Waals surface area contributed by atoms with Crippen molar-refractivity contribution in [2.75, 3.05) is 0 Å². The summed E-state index contributed by atoms with van der Waals surface area (Å²) in [6.07, 6.45) is 2.48. The van der Waals surface area contributed by atoms with Crippen molar-refractivity contribution in [3.8, 4) is 0 Å². The third-order valence-electron chi connectivity index (χ3n) is 1.99. The minimum atomic E-state index is 0. The predicted octanol–water partition coefficient (Wildman–Crippen LogP) is -4.78. The minimum absolute atomic E-state index is 0. The second kappa shape index (κ2) is 10.5. The third kappa shape index (κ3) is 6.24. The van der Waals surface area contributed by atoms with E-state index in [4.69, 9.17) is 23.2 Å². The molecule has 1 aliphatic carbocycles. The van der Waals surface area contributed by atoms with Gasteiger partial charge in [-0.05, 0) is 36.5 Å². The number of halogens is 2. The van der Waals surface area contributed by atoms with Crippen LogP contribution in [0.3, 0.4) is 0 Å². The van der Waals surface area contributed by atoms with Crippen LogP contribution in [-0.4, -0.2) is 0 Å². The number of rotatable bonds is 1. The quantitative estimate of drug-likeness (QED) is 0.457. The van der Waals surface area contributed by atoms with Gasteiger partial charge in [-0.2, -0.15) is 0 Å². The van der Waals surface area contributed by atoms with Gasteiger partial charge in [0.1, 0.15) is 0 Å². The van der Waals surface area contributed by atoms with Crippen LogP contribution >= 0.6 is 23.2 Å². The van der Waals surface area contributed by atoms with Crippen LogP contribution in [0, 0.1) is 0 Å². The molecule has 0 N–H and O–H groups in total. The Kier molecular flexibility index (Phi) is 15.7. The summed E-state index contributed by atoms with van der Waals surface area (Å²) in [7, 11) is 0. The Balaban J connectivity index is -0.0000000800. The Bertz CT molecular complexity index is 279. The Morgan fingerprint density at radius 1 is 1.00 bits per heavy atom. The van der Waals surface area contributed by atoms with E-state index in [2.05, 4.69) is 0 Å². The van der Waals surface area contributed by atoms with Gasteiger partial charge in [0.2, 0.25) is 0 Å². The molecule has 1 aliphatic rings. The fraction of sp³-hybridized carbons (Fsp3) is 0.333. The normalized spacial score (nSPS) is 13.3. The average molecular weight is 307 g/mol. The van der Waals surface area contributed by atoms with Crippen molar-refractivity contribution in [3.63, 3.8) is 0 Å². The van der Waals surface area contributed by atoms with E-state index in [9.17, 15) is 0 Å². The van der Waals surface area contributed by atoms with Gasteiger partial charge in [0, 0.05) is 10.0 Å². The van der Waals surface area contributed by atoms with Crippen molar-refractivity contribution in [3.05, 3.63) is 33.8 Å². The van der Waals surface area contributed by atoms with Crippen LogP contribution in [0.5, 0.6) is 0 Å². The van der Waals surface area contributed by atoms with Crippen LogP contribution in [0.25, 0.3) is 0 Å². The average Bonchev–Trinajstić information content (AvgIpc) is 2.70. The first-order valence-corrected chi connectivity index (χ1v) is 4.48. The van der Waals surface area contributed by atoms with Crippen LogP contribution in [-0.2, 0) is 0 Å². The molecule has 14 heavy (non-hydrogen) atoms. The van der Waals surface area contributed by atoms with Crippen molar-refractivity contribution in [1.82, 2.24) is 0 Å². The van der Waals surface area contributed by atoms with E-state index < -0.39 is 0 Å². The zero-order valence-corrected chi connectivity index (χ0v) is 19.9. The van der Waals surface area contributed by atoms with Gasteiger partial charge in [0.25, 0.3) is 0 Å². The van der Waals surface area contributed by atoms with Crippen LogP contribution in [0.2, 0.25) is 10.0 Å². The molecule has 0 amide bonds. The van der Waals surface area contributed by atoms with Gasteiger partial charge in [-0.3, -0.25) is 0 Å². The Morgan fingerprint density at radius 2 is 1.43 bits per heavy atom. The Hall–Kier alpha value is 4.71. The zero-order valence-electron chi connectivity index (χ0n) is 12.0. The van der Waals surface area contributed by atoms with E-state index >= 15 is 0 Å². The molecule has 1 fully saturated rings. The maximum Gasteiger partial charge on any atom is 1.00 e. The summed E-state index contributed by atoms with van der Waals surface area (Å²) in [5.74, 6) is 0.635. The first-order valence-electron chi connectivity index (χ1n) is 3.73. The molecule has 1 saturated carbocycles. The van der Waals surface area contributed by atoms with Crippen LogP contribution in [0.15, 0.2) is 18.2 Å². The largest absolute Gasteiger partial charge is 1.00 e. The van der Waals surface area contributed by atoms with Gasteiger partial charge in [-0.15, -0.1) is 0 Å². The van der Waals surface area contributed by atoms with Crippen LogP contribution in [0.4, 0.5) is 0 Å². The van der Waals surface area contributed by atoms with E-state index in [-0.39, 0.29) is 158 Å². The molecule has 64 valence electrons. The molecule has 0 bridgehead atoms. The molecule has 5 heteroatoms. The molecule has 2 rings (SSSR count). The monoisotopic (exact) mass is 306 g/mol. The summed E-state index contributed by atoms with van der Waals surface area (Å²) in [5, 5.41) is 1.64. The predicted molar refractivity (Wildman–Crippen MR) is 51.8 cm³/mol. The van der Waals surface area contributed by atoms with Gasteiger partial charge in [0.05, 0.1) is 0 Å². The molecule has 0 spiro atoms. The molecule has 0 heterocycles. The van der Waals surface area contributed by atoms with Gasteiger partial charge >= 0.3 is 154 Å². The first kappa shape index (κ1) is 21.0. The molecule has 0 saturated heterocycles. The SMILES string of the molecule is Clc1cccc(Cl)c1C1CC1.[H-].[H-].[H-].[K+].[K+].[K+]. The second-order valence-electron chi connectivity index (χ2n) is 2.91. The van der Waals surface area contributed by atoms with Crippen molar-refractivity contribution in [2.45, 2.75) is 18.8 Å². The Morgan fingerprint density at radius 3 is 1.79 bits per heavy atom. The van der Waals surface area contributed by atoms with Crippen molar-refractivity contribution in [1.29, 1.82) is 0 Å². The minimum Gasteiger partial charge on any atom is -1.00 e. The van der Waals surface area contributed by atoms with E-state index in [1.807, 2.05) is 18.2 Å². The van der Waals surface area contributed by atoms with Crippen molar-refractivity contribution >= 4 is 23.2 Å². The summed E-state index contributed by atoms with van der Waals surface area (Å²) in [6.45, 7) is 0. The molecule has 0 radical (unpaired) electrons. The molecular formula is C9H11Cl2K3. The maximum atomic E-state index is 5.98. The molecule has 0 atom stereocenters. The zero-order chi connectivity index (χ0) is 7.84. The van der Waals surface area contributed by atoms with Crippen LogP contribution < -0.4 is 154 Å². The van der Waals surface area contributed by atoms with Gasteiger partial charge in [-0.1, -0.05) is 29.3 Å². The van der Waals surface area contributed by atoms with E-state index in [0.717, 1.165) is 15.6 Å². The molecule has 0 nitrogen and oxygen atoms in total. The third-order valence-corrected chi connectivity index (χ3v) is 2.64. The molecule has 0 aromatic heterocycles. The summed E-state index contributed by atoms with van der Waals surface area (Å²) >= 11 is 12.0. The van der Waals surface area contributed by atoms with E-state index in [0.29, 0.717) is 5.92 Å². The first-order chi connectivity index (χ1) is 5.29. The summed E-state index contributed by atoms with van der Waals surface area (Å²) in [4.78, 5) is 0. The van der Waals surface area contributed by atoms with Gasteiger partial charge in [0.15, 0.2) is 0 Å². The van der Waals surface area contributed by atoms with Crippen molar-refractivity contribution in [2.24, 2.45) is 0 Å². The van der Waals surface area contributed by atoms with Gasteiger partial charge < -0.3 is 4.28 Å². The summed E-state index contributed by atoms with van der Waals surface area (Å²) in [6, 6.07) is 5.69. The number of benzene rings is 1. The molecule has 1 aromatic carbocycles. The Labute approximate surface area is 227 Å². The molecule has 0 aliphatic heterocycles. The number of hydrogen-bond acceptors (Lipinski definition) is 0. The van der Waals surface area contributed by atoms with E-state index in [1.165, 1.54) is 12.8 Å². The smallest absolute Gasteiger partial charge is 1.00 e. The summed E-state index contributed by atoms with van der Waals surface area (Å²) in [5.41, 5.74) is 1.15. The summed E-state index contributed by atoms with van der Waals surface area (Å²) < 4.78 is 0. The fourth-order valence-corrected chi connectivity index (χ4v) is 1.98. The fourth-order valence-electron chi connectivity index (χ4n) is 1.27. The maximum absolute atomic E-state index is 5.98.